The average molecular weight is 306 g/mol. The quantitative estimate of drug-likeness (QED) is 0.692. The van der Waals surface area contributed by atoms with E-state index < -0.39 is 0 Å². The Kier molecular flexibility index (Phi) is 7.56. The fourth-order valence-electron chi connectivity index (χ4n) is 2.61. The Morgan fingerprint density at radius 2 is 1.91 bits per heavy atom. The van der Waals surface area contributed by atoms with Gasteiger partial charge in [0.2, 0.25) is 5.91 Å². The Balaban J connectivity index is 2.53. The second-order valence-corrected chi connectivity index (χ2v) is 6.50. The lowest BCUT2D eigenvalue weighted by Crippen LogP contribution is -2.42. The van der Waals surface area contributed by atoms with E-state index >= 15 is 0 Å². The standard InChI is InChI=1S/C18H30N2O2/c1-12(2)16(8-9-21)19-15(5)11-18(22)20-17-7-6-13(3)10-14(17)4/h6-7,10,12,15-16,19,21H,8-9,11H2,1-5H3,(H,20,22). The van der Waals surface area contributed by atoms with E-state index in [1.165, 1.54) is 5.56 Å². The van der Waals surface area contributed by atoms with Crippen LogP contribution in [0.15, 0.2) is 18.2 Å². The second-order valence-electron chi connectivity index (χ2n) is 6.50. The number of nitrogens with one attached hydrogen (secondary N) is 2. The van der Waals surface area contributed by atoms with Crippen LogP contribution >= 0.6 is 0 Å². The summed E-state index contributed by atoms with van der Waals surface area (Å²) in [6.07, 6.45) is 1.13. The molecule has 1 aromatic rings. The molecule has 0 aromatic heterocycles. The second kappa shape index (κ2) is 8.91. The zero-order chi connectivity index (χ0) is 16.7. The number of carbonyl (C=O) groups excluding carboxylic acids is 1. The summed E-state index contributed by atoms with van der Waals surface area (Å²) in [5.74, 6) is 0.440. The topological polar surface area (TPSA) is 61.4 Å². The third-order valence-corrected chi connectivity index (χ3v) is 3.89. The van der Waals surface area contributed by atoms with Crippen LogP contribution in [0.4, 0.5) is 5.69 Å². The molecule has 0 saturated carbocycles. The van der Waals surface area contributed by atoms with Gasteiger partial charge in [-0.3, -0.25) is 4.79 Å². The highest BCUT2D eigenvalue weighted by Gasteiger charge is 2.17. The van der Waals surface area contributed by atoms with Gasteiger partial charge in [0.25, 0.3) is 0 Å². The first-order valence-corrected chi connectivity index (χ1v) is 8.07. The first kappa shape index (κ1) is 18.7. The van der Waals surface area contributed by atoms with E-state index in [4.69, 9.17) is 5.11 Å². The van der Waals surface area contributed by atoms with E-state index in [0.717, 1.165) is 11.3 Å². The molecule has 22 heavy (non-hydrogen) atoms. The number of rotatable bonds is 8. The summed E-state index contributed by atoms with van der Waals surface area (Å²) in [5, 5.41) is 15.5. The first-order valence-electron chi connectivity index (χ1n) is 8.07. The Bertz CT molecular complexity index is 486. The molecule has 1 aromatic carbocycles. The van der Waals surface area contributed by atoms with Crippen LogP contribution in [0.25, 0.3) is 0 Å². The summed E-state index contributed by atoms with van der Waals surface area (Å²) in [6, 6.07) is 6.32. The molecule has 4 nitrogen and oxygen atoms in total. The molecule has 3 N–H and O–H groups in total. The molecule has 0 aliphatic heterocycles. The predicted octanol–water partition coefficient (Wildman–Crippen LogP) is 3.02. The van der Waals surface area contributed by atoms with Crippen LogP contribution in [0.5, 0.6) is 0 Å². The van der Waals surface area contributed by atoms with Crippen molar-refractivity contribution in [3.63, 3.8) is 0 Å². The van der Waals surface area contributed by atoms with Crippen molar-refractivity contribution in [1.82, 2.24) is 5.32 Å². The minimum atomic E-state index is 0.0125. The van der Waals surface area contributed by atoms with E-state index in [1.54, 1.807) is 0 Å². The molecule has 0 saturated heterocycles. The maximum absolute atomic E-state index is 12.2. The van der Waals surface area contributed by atoms with Gasteiger partial charge in [-0.25, -0.2) is 0 Å². The molecule has 0 heterocycles. The molecule has 0 aliphatic rings. The molecule has 0 fully saturated rings. The highest BCUT2D eigenvalue weighted by Crippen LogP contribution is 2.16. The van der Waals surface area contributed by atoms with Crippen LogP contribution in [0, 0.1) is 19.8 Å². The van der Waals surface area contributed by atoms with Crippen LogP contribution in [0.3, 0.4) is 0 Å². The summed E-state index contributed by atoms with van der Waals surface area (Å²) in [5.41, 5.74) is 3.14. The van der Waals surface area contributed by atoms with Gasteiger partial charge in [0.05, 0.1) is 0 Å². The Hall–Kier alpha value is -1.39. The normalized spacial score (nSPS) is 14.0. The SMILES string of the molecule is Cc1ccc(NC(=O)CC(C)NC(CCO)C(C)C)c(C)c1. The molecule has 0 bridgehead atoms. The number of anilines is 1. The van der Waals surface area contributed by atoms with Gasteiger partial charge in [0.15, 0.2) is 0 Å². The number of carbonyl (C=O) groups is 1. The van der Waals surface area contributed by atoms with E-state index in [2.05, 4.69) is 30.5 Å². The van der Waals surface area contributed by atoms with Crippen molar-refractivity contribution < 1.29 is 9.90 Å². The van der Waals surface area contributed by atoms with Crippen molar-refractivity contribution in [1.29, 1.82) is 0 Å². The summed E-state index contributed by atoms with van der Waals surface area (Å²) >= 11 is 0. The maximum atomic E-state index is 12.2. The summed E-state index contributed by atoms with van der Waals surface area (Å²) in [7, 11) is 0. The Morgan fingerprint density at radius 3 is 2.45 bits per heavy atom. The lowest BCUT2D eigenvalue weighted by molar-refractivity contribution is -0.116. The molecular weight excluding hydrogens is 276 g/mol. The summed E-state index contributed by atoms with van der Waals surface area (Å²) < 4.78 is 0. The van der Waals surface area contributed by atoms with Crippen LogP contribution in [-0.4, -0.2) is 29.7 Å². The fraction of sp³-hybridized carbons (Fsp3) is 0.611. The van der Waals surface area contributed by atoms with Crippen LogP contribution in [0.2, 0.25) is 0 Å². The molecule has 1 amide bonds. The smallest absolute Gasteiger partial charge is 0.225 e. The molecule has 2 atom stereocenters. The average Bonchev–Trinajstić information content (AvgIpc) is 2.41. The minimum Gasteiger partial charge on any atom is -0.396 e. The van der Waals surface area contributed by atoms with E-state index in [1.807, 2.05) is 32.9 Å². The van der Waals surface area contributed by atoms with Gasteiger partial charge in [-0.05, 0) is 44.7 Å². The molecule has 0 aliphatic carbocycles. The van der Waals surface area contributed by atoms with Crippen molar-refractivity contribution in [2.24, 2.45) is 5.92 Å². The van der Waals surface area contributed by atoms with Gasteiger partial charge in [0, 0.05) is 30.8 Å². The van der Waals surface area contributed by atoms with E-state index in [0.29, 0.717) is 18.8 Å². The van der Waals surface area contributed by atoms with E-state index in [9.17, 15) is 4.79 Å². The van der Waals surface area contributed by atoms with E-state index in [-0.39, 0.29) is 24.6 Å². The molecule has 1 rings (SSSR count). The zero-order valence-electron chi connectivity index (χ0n) is 14.4. The fourth-order valence-corrected chi connectivity index (χ4v) is 2.61. The largest absolute Gasteiger partial charge is 0.396 e. The number of aryl methyl sites for hydroxylation is 2. The molecule has 0 radical (unpaired) electrons. The van der Waals surface area contributed by atoms with Gasteiger partial charge < -0.3 is 15.7 Å². The number of aliphatic hydroxyl groups excluding tert-OH is 1. The third kappa shape index (κ3) is 6.16. The van der Waals surface area contributed by atoms with Crippen molar-refractivity contribution in [2.75, 3.05) is 11.9 Å². The Morgan fingerprint density at radius 1 is 1.23 bits per heavy atom. The van der Waals surface area contributed by atoms with Gasteiger partial charge in [0.1, 0.15) is 0 Å². The van der Waals surface area contributed by atoms with Gasteiger partial charge in [-0.1, -0.05) is 31.5 Å². The lowest BCUT2D eigenvalue weighted by atomic mass is 10.00. The number of aliphatic hydroxyl groups is 1. The van der Waals surface area contributed by atoms with Crippen molar-refractivity contribution in [2.45, 2.75) is 59.5 Å². The predicted molar refractivity (Wildman–Crippen MR) is 92.1 cm³/mol. The highest BCUT2D eigenvalue weighted by molar-refractivity contribution is 5.91. The summed E-state index contributed by atoms with van der Waals surface area (Å²) in [6.45, 7) is 10.5. The number of hydrogen-bond donors (Lipinski definition) is 3. The van der Waals surface area contributed by atoms with Crippen molar-refractivity contribution in [3.05, 3.63) is 29.3 Å². The minimum absolute atomic E-state index is 0.0125. The van der Waals surface area contributed by atoms with Crippen LogP contribution in [-0.2, 0) is 4.79 Å². The molecule has 2 unspecified atom stereocenters. The lowest BCUT2D eigenvalue weighted by Gasteiger charge is -2.25. The zero-order valence-corrected chi connectivity index (χ0v) is 14.4. The molecule has 0 spiro atoms. The van der Waals surface area contributed by atoms with Gasteiger partial charge >= 0.3 is 0 Å². The van der Waals surface area contributed by atoms with Crippen molar-refractivity contribution in [3.8, 4) is 0 Å². The van der Waals surface area contributed by atoms with Gasteiger partial charge in [-0.15, -0.1) is 0 Å². The monoisotopic (exact) mass is 306 g/mol. The molecule has 124 valence electrons. The molecule has 4 heteroatoms. The van der Waals surface area contributed by atoms with Gasteiger partial charge in [-0.2, -0.15) is 0 Å². The maximum Gasteiger partial charge on any atom is 0.225 e. The van der Waals surface area contributed by atoms with Crippen LogP contribution < -0.4 is 10.6 Å². The highest BCUT2D eigenvalue weighted by atomic mass is 16.3. The first-order chi connectivity index (χ1) is 10.3. The number of amides is 1. The Labute approximate surface area is 134 Å². The number of hydrogen-bond acceptors (Lipinski definition) is 3. The molecular formula is C18H30N2O2. The van der Waals surface area contributed by atoms with Crippen molar-refractivity contribution >= 4 is 11.6 Å². The third-order valence-electron chi connectivity index (χ3n) is 3.89. The summed E-state index contributed by atoms with van der Waals surface area (Å²) in [4.78, 5) is 12.2. The number of benzene rings is 1. The van der Waals surface area contributed by atoms with Crippen LogP contribution in [0.1, 0.15) is 44.7 Å².